The van der Waals surface area contributed by atoms with Gasteiger partial charge in [0.1, 0.15) is 11.9 Å². The van der Waals surface area contributed by atoms with Crippen molar-refractivity contribution in [3.63, 3.8) is 0 Å². The van der Waals surface area contributed by atoms with Crippen LogP contribution >= 0.6 is 0 Å². The molecule has 0 saturated carbocycles. The molecule has 1 heterocycles. The third kappa shape index (κ3) is 3.66. The van der Waals surface area contributed by atoms with Crippen LogP contribution in [0, 0.1) is 5.82 Å². The molecule has 0 bridgehead atoms. The second kappa shape index (κ2) is 6.15. The molecule has 19 heavy (non-hydrogen) atoms. The van der Waals surface area contributed by atoms with Crippen LogP contribution in [0.4, 0.5) is 4.39 Å². The highest BCUT2D eigenvalue weighted by molar-refractivity contribution is 5.74. The molecule has 1 atom stereocenters. The van der Waals surface area contributed by atoms with Gasteiger partial charge in [0.05, 0.1) is 0 Å². The highest BCUT2D eigenvalue weighted by Gasteiger charge is 2.19. The zero-order valence-corrected chi connectivity index (χ0v) is 10.3. The van der Waals surface area contributed by atoms with Crippen LogP contribution in [0.5, 0.6) is 0 Å². The zero-order valence-electron chi connectivity index (χ0n) is 10.3. The van der Waals surface area contributed by atoms with Crippen LogP contribution in [0.2, 0.25) is 0 Å². The van der Waals surface area contributed by atoms with Crippen molar-refractivity contribution >= 4 is 5.97 Å². The van der Waals surface area contributed by atoms with E-state index in [1.54, 1.807) is 30.5 Å². The molecule has 1 aromatic carbocycles. The first kappa shape index (κ1) is 13.3. The SMILES string of the molecule is O=C(O)C(NCCc1ccc(F)cc1)c1ccc[nH]1. The molecular weight excluding hydrogens is 247 g/mol. The number of rotatable bonds is 6. The number of aromatic amines is 1. The Hall–Kier alpha value is -2.14. The van der Waals surface area contributed by atoms with Gasteiger partial charge in [-0.1, -0.05) is 12.1 Å². The Morgan fingerprint density at radius 2 is 2.05 bits per heavy atom. The molecule has 0 aliphatic rings. The first-order valence-electron chi connectivity index (χ1n) is 6.01. The van der Waals surface area contributed by atoms with Gasteiger partial charge < -0.3 is 10.1 Å². The molecule has 100 valence electrons. The van der Waals surface area contributed by atoms with Gasteiger partial charge in [-0.3, -0.25) is 10.1 Å². The van der Waals surface area contributed by atoms with Gasteiger partial charge in [-0.25, -0.2) is 4.39 Å². The lowest BCUT2D eigenvalue weighted by atomic mass is 10.1. The Morgan fingerprint density at radius 3 is 2.63 bits per heavy atom. The Balaban J connectivity index is 1.90. The fraction of sp³-hybridized carbons (Fsp3) is 0.214. The van der Waals surface area contributed by atoms with Crippen molar-refractivity contribution in [1.29, 1.82) is 0 Å². The minimum atomic E-state index is -0.929. The average Bonchev–Trinajstić information content (AvgIpc) is 2.90. The van der Waals surface area contributed by atoms with Gasteiger partial charge in [0.15, 0.2) is 0 Å². The smallest absolute Gasteiger partial charge is 0.326 e. The molecule has 1 aromatic heterocycles. The third-order valence-corrected chi connectivity index (χ3v) is 2.86. The van der Waals surface area contributed by atoms with Gasteiger partial charge in [0.2, 0.25) is 0 Å². The number of hydrogen-bond acceptors (Lipinski definition) is 2. The number of nitrogens with one attached hydrogen (secondary N) is 2. The van der Waals surface area contributed by atoms with Crippen molar-refractivity contribution in [3.8, 4) is 0 Å². The fourth-order valence-corrected chi connectivity index (χ4v) is 1.87. The van der Waals surface area contributed by atoms with Crippen molar-refractivity contribution in [2.75, 3.05) is 6.54 Å². The molecule has 0 spiro atoms. The summed E-state index contributed by atoms with van der Waals surface area (Å²) in [5, 5.41) is 12.1. The van der Waals surface area contributed by atoms with Crippen LogP contribution in [0.15, 0.2) is 42.6 Å². The number of H-pyrrole nitrogens is 1. The monoisotopic (exact) mass is 262 g/mol. The van der Waals surface area contributed by atoms with E-state index in [0.29, 0.717) is 18.7 Å². The average molecular weight is 262 g/mol. The number of hydrogen-bond donors (Lipinski definition) is 3. The van der Waals surface area contributed by atoms with E-state index in [0.717, 1.165) is 5.56 Å². The van der Waals surface area contributed by atoms with Crippen LogP contribution in [0.25, 0.3) is 0 Å². The first-order valence-corrected chi connectivity index (χ1v) is 6.01. The number of benzene rings is 1. The summed E-state index contributed by atoms with van der Waals surface area (Å²) in [6.07, 6.45) is 2.33. The quantitative estimate of drug-likeness (QED) is 0.747. The van der Waals surface area contributed by atoms with Crippen molar-refractivity contribution in [2.45, 2.75) is 12.5 Å². The van der Waals surface area contributed by atoms with Crippen LogP contribution in [-0.4, -0.2) is 22.6 Å². The largest absolute Gasteiger partial charge is 0.480 e. The third-order valence-electron chi connectivity index (χ3n) is 2.86. The van der Waals surface area contributed by atoms with Gasteiger partial charge in [0.25, 0.3) is 0 Å². The standard InChI is InChI=1S/C14H15FN2O2/c15-11-5-3-10(4-6-11)7-9-17-13(14(18)19)12-2-1-8-16-12/h1-6,8,13,16-17H,7,9H2,(H,18,19). The summed E-state index contributed by atoms with van der Waals surface area (Å²) < 4.78 is 12.7. The van der Waals surface area contributed by atoms with Crippen molar-refractivity contribution in [3.05, 3.63) is 59.7 Å². The molecule has 5 heteroatoms. The topological polar surface area (TPSA) is 65.1 Å². The number of carbonyl (C=O) groups is 1. The van der Waals surface area contributed by atoms with Crippen LogP contribution < -0.4 is 5.32 Å². The molecular formula is C14H15FN2O2. The molecule has 0 radical (unpaired) electrons. The zero-order chi connectivity index (χ0) is 13.7. The van der Waals surface area contributed by atoms with Crippen LogP contribution in [-0.2, 0) is 11.2 Å². The second-order valence-corrected chi connectivity index (χ2v) is 4.23. The lowest BCUT2D eigenvalue weighted by molar-refractivity contribution is -0.139. The van der Waals surface area contributed by atoms with Crippen molar-refractivity contribution in [1.82, 2.24) is 10.3 Å². The molecule has 4 nitrogen and oxygen atoms in total. The molecule has 0 fully saturated rings. The lowest BCUT2D eigenvalue weighted by Crippen LogP contribution is -2.30. The maximum atomic E-state index is 12.7. The second-order valence-electron chi connectivity index (χ2n) is 4.23. The summed E-state index contributed by atoms with van der Waals surface area (Å²) in [6.45, 7) is 0.502. The van der Waals surface area contributed by atoms with E-state index in [1.165, 1.54) is 12.1 Å². The number of carboxylic acids is 1. The van der Waals surface area contributed by atoms with Crippen molar-refractivity contribution < 1.29 is 14.3 Å². The van der Waals surface area contributed by atoms with Crippen molar-refractivity contribution in [2.24, 2.45) is 0 Å². The Morgan fingerprint density at radius 1 is 1.32 bits per heavy atom. The molecule has 2 rings (SSSR count). The van der Waals surface area contributed by atoms with E-state index in [9.17, 15) is 9.18 Å². The van der Waals surface area contributed by atoms with E-state index in [4.69, 9.17) is 5.11 Å². The summed E-state index contributed by atoms with van der Waals surface area (Å²) in [5.41, 5.74) is 1.58. The van der Waals surface area contributed by atoms with Gasteiger partial charge in [0, 0.05) is 18.4 Å². The van der Waals surface area contributed by atoms with Gasteiger partial charge in [-0.2, -0.15) is 0 Å². The summed E-state index contributed by atoms with van der Waals surface area (Å²) >= 11 is 0. The molecule has 0 aliphatic heterocycles. The molecule has 1 unspecified atom stereocenters. The number of carboxylic acid groups (broad SMARTS) is 1. The molecule has 0 aliphatic carbocycles. The maximum absolute atomic E-state index is 12.7. The number of aromatic nitrogens is 1. The summed E-state index contributed by atoms with van der Waals surface area (Å²) in [6, 6.07) is 8.92. The summed E-state index contributed by atoms with van der Waals surface area (Å²) in [4.78, 5) is 14.0. The van der Waals surface area contributed by atoms with E-state index in [2.05, 4.69) is 10.3 Å². The number of halogens is 1. The predicted octanol–water partition coefficient (Wildman–Crippen LogP) is 2.11. The number of aliphatic carboxylic acids is 1. The highest BCUT2D eigenvalue weighted by atomic mass is 19.1. The van der Waals surface area contributed by atoms with Crippen LogP contribution in [0.1, 0.15) is 17.3 Å². The predicted molar refractivity (Wildman–Crippen MR) is 69.3 cm³/mol. The lowest BCUT2D eigenvalue weighted by Gasteiger charge is -2.13. The Bertz CT molecular complexity index is 523. The highest BCUT2D eigenvalue weighted by Crippen LogP contribution is 2.10. The Kier molecular flexibility index (Phi) is 4.30. The molecule has 0 amide bonds. The van der Waals surface area contributed by atoms with Gasteiger partial charge in [-0.15, -0.1) is 0 Å². The van der Waals surface area contributed by atoms with Gasteiger partial charge >= 0.3 is 5.97 Å². The van der Waals surface area contributed by atoms with Crippen LogP contribution in [0.3, 0.4) is 0 Å². The van der Waals surface area contributed by atoms with E-state index in [1.807, 2.05) is 0 Å². The van der Waals surface area contributed by atoms with E-state index < -0.39 is 12.0 Å². The molecule has 0 saturated heterocycles. The maximum Gasteiger partial charge on any atom is 0.326 e. The Labute approximate surface area is 110 Å². The molecule has 3 N–H and O–H groups in total. The first-order chi connectivity index (χ1) is 9.16. The summed E-state index contributed by atoms with van der Waals surface area (Å²) in [7, 11) is 0. The normalized spacial score (nSPS) is 12.3. The summed E-state index contributed by atoms with van der Waals surface area (Å²) in [5.74, 6) is -1.20. The van der Waals surface area contributed by atoms with Gasteiger partial charge in [-0.05, 0) is 36.2 Å². The van der Waals surface area contributed by atoms with E-state index >= 15 is 0 Å². The minimum absolute atomic E-state index is 0.272. The fourth-order valence-electron chi connectivity index (χ4n) is 1.87. The minimum Gasteiger partial charge on any atom is -0.480 e. The molecule has 2 aromatic rings. The van der Waals surface area contributed by atoms with E-state index in [-0.39, 0.29) is 5.82 Å².